The first kappa shape index (κ1) is 18.5. The lowest BCUT2D eigenvalue weighted by Gasteiger charge is -2.38. The van der Waals surface area contributed by atoms with E-state index in [1.807, 2.05) is 4.90 Å². The number of likely N-dealkylation sites (tertiary alicyclic amines) is 1. The highest BCUT2D eigenvalue weighted by molar-refractivity contribution is 5.32. The summed E-state index contributed by atoms with van der Waals surface area (Å²) in [5, 5.41) is 11.0. The van der Waals surface area contributed by atoms with Gasteiger partial charge in [0.25, 0.3) is 0 Å². The Bertz CT molecular complexity index is 780. The molecule has 8 heteroatoms. The quantitative estimate of drug-likeness (QED) is 0.877. The molecule has 0 bridgehead atoms. The van der Waals surface area contributed by atoms with E-state index in [2.05, 4.69) is 9.97 Å². The van der Waals surface area contributed by atoms with Crippen molar-refractivity contribution in [2.24, 2.45) is 0 Å². The Hall–Kier alpha value is -2.32. The Morgan fingerprint density at radius 3 is 2.58 bits per heavy atom. The second-order valence-electron chi connectivity index (χ2n) is 6.32. The van der Waals surface area contributed by atoms with E-state index in [9.17, 15) is 13.9 Å². The first-order chi connectivity index (χ1) is 12.4. The monoisotopic (exact) mass is 365 g/mol. The van der Waals surface area contributed by atoms with Gasteiger partial charge in [-0.2, -0.15) is 4.98 Å². The third kappa shape index (κ3) is 3.76. The SMILES string of the molecule is COc1ncc(C2(O)CCN(Cc3cc(F)ccc3F)CC2)c(OC)n1. The summed E-state index contributed by atoms with van der Waals surface area (Å²) >= 11 is 0. The fourth-order valence-electron chi connectivity index (χ4n) is 3.18. The molecule has 1 fully saturated rings. The van der Waals surface area contributed by atoms with Crippen LogP contribution in [0, 0.1) is 11.6 Å². The zero-order chi connectivity index (χ0) is 18.7. The van der Waals surface area contributed by atoms with Crippen molar-refractivity contribution in [3.05, 3.63) is 47.2 Å². The van der Waals surface area contributed by atoms with Gasteiger partial charge in [-0.15, -0.1) is 0 Å². The van der Waals surface area contributed by atoms with Gasteiger partial charge in [-0.25, -0.2) is 13.8 Å². The highest BCUT2D eigenvalue weighted by Gasteiger charge is 2.37. The van der Waals surface area contributed by atoms with Crippen LogP contribution in [0.4, 0.5) is 8.78 Å². The summed E-state index contributed by atoms with van der Waals surface area (Å²) in [6.07, 6.45) is 2.30. The number of methoxy groups -OCH3 is 2. The molecule has 0 aliphatic carbocycles. The number of halogens is 2. The molecule has 3 rings (SSSR count). The van der Waals surface area contributed by atoms with E-state index in [0.717, 1.165) is 12.1 Å². The van der Waals surface area contributed by atoms with Crippen LogP contribution in [0.3, 0.4) is 0 Å². The summed E-state index contributed by atoms with van der Waals surface area (Å²) in [6.45, 7) is 1.32. The molecule has 1 aromatic carbocycles. The summed E-state index contributed by atoms with van der Waals surface area (Å²) < 4.78 is 37.4. The fourth-order valence-corrected chi connectivity index (χ4v) is 3.18. The molecular formula is C18H21F2N3O3. The maximum atomic E-state index is 13.8. The lowest BCUT2D eigenvalue weighted by atomic mass is 9.85. The Balaban J connectivity index is 1.72. The topological polar surface area (TPSA) is 67.7 Å². The van der Waals surface area contributed by atoms with Crippen LogP contribution >= 0.6 is 0 Å². The molecule has 0 saturated carbocycles. The molecule has 2 aromatic rings. The standard InChI is InChI=1S/C18H21F2N3O3/c1-25-16-14(10-21-17(22-16)26-2)18(24)5-7-23(8-6-18)11-12-9-13(19)3-4-15(12)20/h3-4,9-10,24H,5-8,11H2,1-2H3. The van der Waals surface area contributed by atoms with Gasteiger partial charge in [-0.05, 0) is 31.0 Å². The predicted molar refractivity (Wildman–Crippen MR) is 89.9 cm³/mol. The molecule has 1 aromatic heterocycles. The first-order valence-corrected chi connectivity index (χ1v) is 8.29. The maximum absolute atomic E-state index is 13.8. The third-order valence-electron chi connectivity index (χ3n) is 4.69. The van der Waals surface area contributed by atoms with Gasteiger partial charge >= 0.3 is 6.01 Å². The van der Waals surface area contributed by atoms with Gasteiger partial charge in [0.2, 0.25) is 5.88 Å². The van der Waals surface area contributed by atoms with Crippen LogP contribution < -0.4 is 9.47 Å². The van der Waals surface area contributed by atoms with Gasteiger partial charge in [0.1, 0.15) is 11.6 Å². The fraction of sp³-hybridized carbons (Fsp3) is 0.444. The molecule has 0 amide bonds. The number of benzene rings is 1. The number of rotatable bonds is 5. The Morgan fingerprint density at radius 1 is 1.19 bits per heavy atom. The van der Waals surface area contributed by atoms with Crippen LogP contribution in [-0.2, 0) is 12.1 Å². The second kappa shape index (κ2) is 7.51. The number of aliphatic hydroxyl groups is 1. The van der Waals surface area contributed by atoms with Gasteiger partial charge in [0.15, 0.2) is 0 Å². The van der Waals surface area contributed by atoms with Gasteiger partial charge in [0, 0.05) is 31.4 Å². The summed E-state index contributed by atoms with van der Waals surface area (Å²) in [6, 6.07) is 3.60. The minimum atomic E-state index is -1.14. The van der Waals surface area contributed by atoms with Crippen LogP contribution in [-0.4, -0.2) is 47.3 Å². The predicted octanol–water partition coefficient (Wildman–Crippen LogP) is 2.26. The number of aromatic nitrogens is 2. The maximum Gasteiger partial charge on any atom is 0.319 e. The molecule has 140 valence electrons. The highest BCUT2D eigenvalue weighted by atomic mass is 19.1. The average Bonchev–Trinajstić information content (AvgIpc) is 2.66. The number of hydrogen-bond donors (Lipinski definition) is 1. The van der Waals surface area contributed by atoms with E-state index >= 15 is 0 Å². The number of ether oxygens (including phenoxy) is 2. The average molecular weight is 365 g/mol. The van der Waals surface area contributed by atoms with E-state index in [0.29, 0.717) is 37.1 Å². The minimum absolute atomic E-state index is 0.160. The molecule has 6 nitrogen and oxygen atoms in total. The van der Waals surface area contributed by atoms with Crippen molar-refractivity contribution in [2.45, 2.75) is 25.0 Å². The zero-order valence-electron chi connectivity index (χ0n) is 14.7. The van der Waals surface area contributed by atoms with Crippen molar-refractivity contribution in [1.29, 1.82) is 0 Å². The third-order valence-corrected chi connectivity index (χ3v) is 4.69. The summed E-state index contributed by atoms with van der Waals surface area (Å²) in [7, 11) is 2.92. The first-order valence-electron chi connectivity index (χ1n) is 8.29. The lowest BCUT2D eigenvalue weighted by Crippen LogP contribution is -2.42. The van der Waals surface area contributed by atoms with Crippen molar-refractivity contribution >= 4 is 0 Å². The number of nitrogens with zero attached hydrogens (tertiary/aromatic N) is 3. The Labute approximate surface area is 150 Å². The van der Waals surface area contributed by atoms with Crippen LogP contribution in [0.15, 0.2) is 24.4 Å². The molecule has 0 atom stereocenters. The van der Waals surface area contributed by atoms with E-state index in [1.165, 1.54) is 26.5 Å². The molecule has 1 aliphatic rings. The van der Waals surface area contributed by atoms with Crippen molar-refractivity contribution < 1.29 is 23.4 Å². The summed E-state index contributed by atoms with van der Waals surface area (Å²) in [5.41, 5.74) is -0.340. The Morgan fingerprint density at radius 2 is 1.92 bits per heavy atom. The molecule has 0 radical (unpaired) electrons. The van der Waals surface area contributed by atoms with Crippen LogP contribution in [0.25, 0.3) is 0 Å². The molecular weight excluding hydrogens is 344 g/mol. The van der Waals surface area contributed by atoms with Gasteiger partial charge in [0.05, 0.1) is 25.4 Å². The molecule has 0 unspecified atom stereocenters. The van der Waals surface area contributed by atoms with Gasteiger partial charge < -0.3 is 14.6 Å². The summed E-state index contributed by atoms with van der Waals surface area (Å²) in [5.74, 6) is -0.628. The summed E-state index contributed by atoms with van der Waals surface area (Å²) in [4.78, 5) is 10.1. The number of piperidine rings is 1. The molecule has 1 N–H and O–H groups in total. The second-order valence-corrected chi connectivity index (χ2v) is 6.32. The smallest absolute Gasteiger partial charge is 0.319 e. The minimum Gasteiger partial charge on any atom is -0.481 e. The van der Waals surface area contributed by atoms with Crippen molar-refractivity contribution in [3.63, 3.8) is 0 Å². The van der Waals surface area contributed by atoms with E-state index in [4.69, 9.17) is 9.47 Å². The lowest BCUT2D eigenvalue weighted by molar-refractivity contribution is -0.0302. The molecule has 1 saturated heterocycles. The normalized spacial score (nSPS) is 17.1. The molecule has 2 heterocycles. The van der Waals surface area contributed by atoms with Gasteiger partial charge in [-0.1, -0.05) is 0 Å². The van der Waals surface area contributed by atoms with Crippen molar-refractivity contribution in [2.75, 3.05) is 27.3 Å². The Kier molecular flexibility index (Phi) is 5.33. The van der Waals surface area contributed by atoms with Gasteiger partial charge in [-0.3, -0.25) is 4.90 Å². The molecule has 0 spiro atoms. The zero-order valence-corrected chi connectivity index (χ0v) is 14.7. The van der Waals surface area contributed by atoms with E-state index in [1.54, 1.807) is 0 Å². The van der Waals surface area contributed by atoms with Crippen LogP contribution in [0.1, 0.15) is 24.0 Å². The molecule has 1 aliphatic heterocycles. The van der Waals surface area contributed by atoms with E-state index in [-0.39, 0.29) is 18.4 Å². The van der Waals surface area contributed by atoms with Crippen molar-refractivity contribution in [3.8, 4) is 11.9 Å². The number of hydrogen-bond acceptors (Lipinski definition) is 6. The van der Waals surface area contributed by atoms with Crippen molar-refractivity contribution in [1.82, 2.24) is 14.9 Å². The van der Waals surface area contributed by atoms with Crippen LogP contribution in [0.5, 0.6) is 11.9 Å². The molecule has 26 heavy (non-hydrogen) atoms. The van der Waals surface area contributed by atoms with E-state index < -0.39 is 17.2 Å². The highest BCUT2D eigenvalue weighted by Crippen LogP contribution is 2.37. The largest absolute Gasteiger partial charge is 0.481 e. The van der Waals surface area contributed by atoms with Crippen LogP contribution in [0.2, 0.25) is 0 Å².